The van der Waals surface area contributed by atoms with Crippen LogP contribution in [0.1, 0.15) is 5.69 Å². The van der Waals surface area contributed by atoms with Gasteiger partial charge in [0.05, 0.1) is 5.69 Å². The normalized spacial score (nSPS) is 16.4. The highest BCUT2D eigenvalue weighted by Gasteiger charge is 2.17. The molecule has 2 N–H and O–H groups in total. The second kappa shape index (κ2) is 4.38. The predicted octanol–water partition coefficient (Wildman–Crippen LogP) is 0.0412. The average molecular weight is 251 g/mol. The topological polar surface area (TPSA) is 82.6 Å². The Hall–Kier alpha value is -1.54. The minimum absolute atomic E-state index is 0.756. The van der Waals surface area contributed by atoms with Crippen LogP contribution in [0.4, 0.5) is 5.95 Å². The minimum atomic E-state index is 0.756. The number of nitrogens with one attached hydrogen (secondary N) is 2. The van der Waals surface area contributed by atoms with E-state index in [4.69, 9.17) is 0 Å². The van der Waals surface area contributed by atoms with Gasteiger partial charge in [-0.1, -0.05) is 4.49 Å². The molecule has 0 saturated carbocycles. The molecule has 0 aromatic carbocycles. The predicted molar refractivity (Wildman–Crippen MR) is 65.1 cm³/mol. The van der Waals surface area contributed by atoms with Crippen molar-refractivity contribution in [1.29, 1.82) is 0 Å². The number of anilines is 1. The second-order valence-electron chi connectivity index (χ2n) is 3.91. The summed E-state index contributed by atoms with van der Waals surface area (Å²) in [5.74, 6) is 1.51. The number of H-pyrrole nitrogens is 1. The van der Waals surface area contributed by atoms with E-state index >= 15 is 0 Å². The van der Waals surface area contributed by atoms with E-state index in [1.54, 1.807) is 0 Å². The van der Waals surface area contributed by atoms with Crippen molar-refractivity contribution in [2.75, 3.05) is 31.1 Å². The van der Waals surface area contributed by atoms with Crippen molar-refractivity contribution in [3.05, 3.63) is 5.69 Å². The van der Waals surface area contributed by atoms with Crippen LogP contribution in [0.3, 0.4) is 0 Å². The molecule has 2 aromatic rings. The van der Waals surface area contributed by atoms with E-state index in [0.717, 1.165) is 48.5 Å². The first-order valence-corrected chi connectivity index (χ1v) is 6.29. The number of piperazine rings is 1. The van der Waals surface area contributed by atoms with E-state index in [0.29, 0.717) is 0 Å². The molecule has 3 heterocycles. The summed E-state index contributed by atoms with van der Waals surface area (Å²) in [4.78, 5) is 7.62. The number of hydrogen-bond acceptors (Lipinski definition) is 7. The van der Waals surface area contributed by atoms with Gasteiger partial charge >= 0.3 is 0 Å². The summed E-state index contributed by atoms with van der Waals surface area (Å²) in [5, 5.41) is 14.5. The summed E-state index contributed by atoms with van der Waals surface area (Å²) in [6.07, 6.45) is 0. The highest BCUT2D eigenvalue weighted by atomic mass is 32.1. The molecular formula is C9H13N7S. The summed E-state index contributed by atoms with van der Waals surface area (Å²) < 4.78 is 3.90. The molecule has 0 radical (unpaired) electrons. The van der Waals surface area contributed by atoms with Crippen LogP contribution in [0.2, 0.25) is 0 Å². The Labute approximate surface area is 102 Å². The van der Waals surface area contributed by atoms with Gasteiger partial charge in [-0.3, -0.25) is 5.10 Å². The SMILES string of the molecule is Cc1nnsc1-c1nc(N2CCNCC2)n[nH]1. The van der Waals surface area contributed by atoms with Crippen LogP contribution >= 0.6 is 11.5 Å². The van der Waals surface area contributed by atoms with Gasteiger partial charge < -0.3 is 10.2 Å². The first-order valence-electron chi connectivity index (χ1n) is 5.52. The molecule has 0 unspecified atom stereocenters. The van der Waals surface area contributed by atoms with Crippen molar-refractivity contribution in [2.24, 2.45) is 0 Å². The third kappa shape index (κ3) is 2.01. The van der Waals surface area contributed by atoms with Crippen molar-refractivity contribution in [3.63, 3.8) is 0 Å². The number of rotatable bonds is 2. The zero-order valence-electron chi connectivity index (χ0n) is 9.47. The maximum atomic E-state index is 4.50. The zero-order valence-corrected chi connectivity index (χ0v) is 10.3. The Morgan fingerprint density at radius 3 is 2.82 bits per heavy atom. The smallest absolute Gasteiger partial charge is 0.245 e. The van der Waals surface area contributed by atoms with Gasteiger partial charge in [0, 0.05) is 26.2 Å². The highest BCUT2D eigenvalue weighted by molar-refractivity contribution is 7.09. The lowest BCUT2D eigenvalue weighted by Gasteiger charge is -2.25. The number of aromatic amines is 1. The molecule has 1 aliphatic heterocycles. The van der Waals surface area contributed by atoms with Crippen LogP contribution in [0, 0.1) is 6.92 Å². The van der Waals surface area contributed by atoms with E-state index < -0.39 is 0 Å². The van der Waals surface area contributed by atoms with E-state index in [1.165, 1.54) is 11.5 Å². The molecule has 90 valence electrons. The van der Waals surface area contributed by atoms with E-state index in [9.17, 15) is 0 Å². The molecule has 0 amide bonds. The Morgan fingerprint density at radius 1 is 1.29 bits per heavy atom. The summed E-state index contributed by atoms with van der Waals surface area (Å²) >= 11 is 1.34. The number of hydrogen-bond donors (Lipinski definition) is 2. The molecule has 2 aromatic heterocycles. The third-order valence-electron chi connectivity index (χ3n) is 2.74. The lowest BCUT2D eigenvalue weighted by Crippen LogP contribution is -2.44. The average Bonchev–Trinajstić information content (AvgIpc) is 2.98. The van der Waals surface area contributed by atoms with E-state index in [-0.39, 0.29) is 0 Å². The molecule has 3 rings (SSSR count). The molecule has 0 spiro atoms. The Balaban J connectivity index is 1.85. The van der Waals surface area contributed by atoms with Crippen molar-refractivity contribution < 1.29 is 0 Å². The summed E-state index contributed by atoms with van der Waals surface area (Å²) in [6, 6.07) is 0. The molecule has 0 atom stereocenters. The maximum Gasteiger partial charge on any atom is 0.245 e. The summed E-state index contributed by atoms with van der Waals surface area (Å²) in [5.41, 5.74) is 0.887. The van der Waals surface area contributed by atoms with E-state index in [1.807, 2.05) is 6.92 Å². The van der Waals surface area contributed by atoms with Crippen LogP contribution in [-0.4, -0.2) is 50.9 Å². The number of nitrogens with zero attached hydrogens (tertiary/aromatic N) is 5. The molecule has 1 saturated heterocycles. The molecule has 0 aliphatic carbocycles. The molecule has 7 nitrogen and oxygen atoms in total. The fourth-order valence-electron chi connectivity index (χ4n) is 1.81. The van der Waals surface area contributed by atoms with E-state index in [2.05, 4.69) is 35.0 Å². The van der Waals surface area contributed by atoms with Crippen molar-refractivity contribution in [2.45, 2.75) is 6.92 Å². The van der Waals surface area contributed by atoms with Crippen molar-refractivity contribution >= 4 is 17.5 Å². The van der Waals surface area contributed by atoms with Crippen LogP contribution < -0.4 is 10.2 Å². The zero-order chi connectivity index (χ0) is 11.7. The molecular weight excluding hydrogens is 238 g/mol. The standard InChI is InChI=1S/C9H13N7S/c1-6-7(17-15-12-6)8-11-9(14-13-8)16-4-2-10-3-5-16/h10H,2-5H2,1H3,(H,11,13,14). The maximum absolute atomic E-state index is 4.50. The second-order valence-corrected chi connectivity index (χ2v) is 4.66. The molecule has 1 fully saturated rings. The van der Waals surface area contributed by atoms with Gasteiger partial charge in [0.2, 0.25) is 5.95 Å². The van der Waals surface area contributed by atoms with Gasteiger partial charge in [-0.2, -0.15) is 4.98 Å². The quantitative estimate of drug-likeness (QED) is 0.784. The van der Waals surface area contributed by atoms with Gasteiger partial charge in [0.1, 0.15) is 4.88 Å². The fourth-order valence-corrected chi connectivity index (χ4v) is 2.40. The monoisotopic (exact) mass is 251 g/mol. The summed E-state index contributed by atoms with van der Waals surface area (Å²) in [6.45, 7) is 5.76. The highest BCUT2D eigenvalue weighted by Crippen LogP contribution is 2.23. The number of aryl methyl sites for hydroxylation is 1. The molecule has 17 heavy (non-hydrogen) atoms. The largest absolute Gasteiger partial charge is 0.337 e. The molecule has 1 aliphatic rings. The van der Waals surface area contributed by atoms with Gasteiger partial charge in [0.25, 0.3) is 0 Å². The van der Waals surface area contributed by atoms with Crippen LogP contribution in [0.25, 0.3) is 10.7 Å². The Morgan fingerprint density at radius 2 is 2.12 bits per heavy atom. The van der Waals surface area contributed by atoms with Crippen molar-refractivity contribution in [1.82, 2.24) is 30.1 Å². The first kappa shape index (κ1) is 10.6. The van der Waals surface area contributed by atoms with Gasteiger partial charge in [-0.05, 0) is 18.5 Å². The van der Waals surface area contributed by atoms with Crippen LogP contribution in [-0.2, 0) is 0 Å². The third-order valence-corrected chi connectivity index (χ3v) is 3.57. The van der Waals surface area contributed by atoms with Gasteiger partial charge in [-0.15, -0.1) is 10.2 Å². The number of aromatic nitrogens is 5. The Kier molecular flexibility index (Phi) is 2.73. The lowest BCUT2D eigenvalue weighted by atomic mass is 10.4. The molecule has 8 heteroatoms. The minimum Gasteiger partial charge on any atom is -0.337 e. The summed E-state index contributed by atoms with van der Waals surface area (Å²) in [7, 11) is 0. The van der Waals surface area contributed by atoms with Crippen LogP contribution in [0.15, 0.2) is 0 Å². The first-order chi connectivity index (χ1) is 8.34. The van der Waals surface area contributed by atoms with Crippen molar-refractivity contribution in [3.8, 4) is 10.7 Å². The lowest BCUT2D eigenvalue weighted by molar-refractivity contribution is 0.580. The fraction of sp³-hybridized carbons (Fsp3) is 0.556. The Bertz CT molecular complexity index is 499. The molecule has 0 bridgehead atoms. The van der Waals surface area contributed by atoms with Crippen LogP contribution in [0.5, 0.6) is 0 Å². The van der Waals surface area contributed by atoms with Gasteiger partial charge in [-0.25, -0.2) is 0 Å². The van der Waals surface area contributed by atoms with Gasteiger partial charge in [0.15, 0.2) is 5.82 Å².